The summed E-state index contributed by atoms with van der Waals surface area (Å²) in [5.74, 6) is -0.662. The molecule has 0 aliphatic rings. The van der Waals surface area contributed by atoms with Crippen LogP contribution in [0.2, 0.25) is 0 Å². The van der Waals surface area contributed by atoms with E-state index >= 15 is 0 Å². The lowest BCUT2D eigenvalue weighted by Gasteiger charge is -2.06. The van der Waals surface area contributed by atoms with Crippen molar-refractivity contribution >= 4 is 23.9 Å². The number of rotatable bonds is 9. The largest absolute Gasteiger partial charge is 0.497 e. The lowest BCUT2D eigenvalue weighted by atomic mass is 10.1. The molecule has 0 spiro atoms. The Morgan fingerprint density at radius 3 is 2.28 bits per heavy atom. The number of carbonyl (C=O) groups is 3. The third-order valence-corrected chi connectivity index (χ3v) is 3.98. The highest BCUT2D eigenvalue weighted by Gasteiger charge is 2.06. The SMILES string of the molecule is COC(=O)c1ccc(/C=C/C(=O)OCC(=O)NCCc2ccc(OC)cc2)cc1. The molecule has 29 heavy (non-hydrogen) atoms. The Hall–Kier alpha value is -3.61. The lowest BCUT2D eigenvalue weighted by Crippen LogP contribution is -2.30. The van der Waals surface area contributed by atoms with Gasteiger partial charge in [0, 0.05) is 12.6 Å². The Labute approximate surface area is 169 Å². The van der Waals surface area contributed by atoms with Gasteiger partial charge in [-0.15, -0.1) is 0 Å². The summed E-state index contributed by atoms with van der Waals surface area (Å²) in [4.78, 5) is 34.9. The second kappa shape index (κ2) is 11.3. The number of hydrogen-bond acceptors (Lipinski definition) is 6. The van der Waals surface area contributed by atoms with Crippen molar-refractivity contribution in [3.63, 3.8) is 0 Å². The second-order valence-electron chi connectivity index (χ2n) is 6.00. The van der Waals surface area contributed by atoms with Crippen molar-refractivity contribution in [2.24, 2.45) is 0 Å². The summed E-state index contributed by atoms with van der Waals surface area (Å²) in [6, 6.07) is 14.1. The summed E-state index contributed by atoms with van der Waals surface area (Å²) < 4.78 is 14.6. The number of amides is 1. The highest BCUT2D eigenvalue weighted by Crippen LogP contribution is 2.11. The Balaban J connectivity index is 1.68. The van der Waals surface area contributed by atoms with Gasteiger partial charge in [-0.2, -0.15) is 0 Å². The third kappa shape index (κ3) is 7.50. The van der Waals surface area contributed by atoms with E-state index in [1.807, 2.05) is 24.3 Å². The van der Waals surface area contributed by atoms with Crippen molar-refractivity contribution in [3.8, 4) is 5.75 Å². The van der Waals surface area contributed by atoms with Gasteiger partial charge in [0.1, 0.15) is 5.75 Å². The molecule has 0 aliphatic heterocycles. The summed E-state index contributed by atoms with van der Waals surface area (Å²) in [7, 11) is 2.91. The summed E-state index contributed by atoms with van der Waals surface area (Å²) in [5, 5.41) is 2.70. The number of benzene rings is 2. The molecule has 0 unspecified atom stereocenters. The van der Waals surface area contributed by atoms with E-state index in [9.17, 15) is 14.4 Å². The van der Waals surface area contributed by atoms with Crippen molar-refractivity contribution in [1.29, 1.82) is 0 Å². The van der Waals surface area contributed by atoms with E-state index in [0.717, 1.165) is 11.3 Å². The lowest BCUT2D eigenvalue weighted by molar-refractivity contribution is -0.143. The number of methoxy groups -OCH3 is 2. The molecule has 0 atom stereocenters. The summed E-state index contributed by atoms with van der Waals surface area (Å²) >= 11 is 0. The zero-order chi connectivity index (χ0) is 21.1. The monoisotopic (exact) mass is 397 g/mol. The molecule has 0 fully saturated rings. The summed E-state index contributed by atoms with van der Waals surface area (Å²) in [5.41, 5.74) is 2.18. The molecule has 0 aromatic heterocycles. The molecule has 0 radical (unpaired) electrons. The van der Waals surface area contributed by atoms with Gasteiger partial charge >= 0.3 is 11.9 Å². The number of carbonyl (C=O) groups excluding carboxylic acids is 3. The van der Waals surface area contributed by atoms with Crippen molar-refractivity contribution in [2.75, 3.05) is 27.4 Å². The van der Waals surface area contributed by atoms with Crippen molar-refractivity contribution in [2.45, 2.75) is 6.42 Å². The van der Waals surface area contributed by atoms with E-state index in [2.05, 4.69) is 10.1 Å². The van der Waals surface area contributed by atoms with Gasteiger partial charge < -0.3 is 19.5 Å². The van der Waals surface area contributed by atoms with Gasteiger partial charge in [0.05, 0.1) is 19.8 Å². The van der Waals surface area contributed by atoms with E-state index in [1.54, 1.807) is 31.4 Å². The van der Waals surface area contributed by atoms with Crippen LogP contribution in [0, 0.1) is 0 Å². The van der Waals surface area contributed by atoms with Crippen LogP contribution in [-0.4, -0.2) is 45.2 Å². The van der Waals surface area contributed by atoms with Gasteiger partial charge in [0.2, 0.25) is 0 Å². The van der Waals surface area contributed by atoms with Crippen LogP contribution in [0.5, 0.6) is 5.75 Å². The average molecular weight is 397 g/mol. The fourth-order valence-corrected chi connectivity index (χ4v) is 2.39. The fourth-order valence-electron chi connectivity index (χ4n) is 2.39. The quantitative estimate of drug-likeness (QED) is 0.516. The van der Waals surface area contributed by atoms with Gasteiger partial charge in [-0.1, -0.05) is 24.3 Å². The highest BCUT2D eigenvalue weighted by molar-refractivity contribution is 5.91. The maximum absolute atomic E-state index is 11.8. The molecule has 7 heteroatoms. The first-order valence-corrected chi connectivity index (χ1v) is 8.94. The Bertz CT molecular complexity index is 856. The Kier molecular flexibility index (Phi) is 8.44. The van der Waals surface area contributed by atoms with Crippen LogP contribution in [0.15, 0.2) is 54.6 Å². The molecule has 0 saturated carbocycles. The standard InChI is InChI=1S/C22H23NO6/c1-27-19-10-5-17(6-11-19)13-14-23-20(24)15-29-21(25)12-7-16-3-8-18(9-4-16)22(26)28-2/h3-12H,13-15H2,1-2H3,(H,23,24)/b12-7+. The van der Waals surface area contributed by atoms with E-state index in [4.69, 9.17) is 9.47 Å². The number of nitrogens with one attached hydrogen (secondary N) is 1. The third-order valence-electron chi connectivity index (χ3n) is 3.98. The maximum Gasteiger partial charge on any atom is 0.337 e. The summed E-state index contributed by atoms with van der Waals surface area (Å²) in [6.45, 7) is 0.0815. The molecule has 152 valence electrons. The van der Waals surface area contributed by atoms with Crippen LogP contribution >= 0.6 is 0 Å². The van der Waals surface area contributed by atoms with Crippen LogP contribution in [-0.2, 0) is 25.5 Å². The topological polar surface area (TPSA) is 90.9 Å². The van der Waals surface area contributed by atoms with Gasteiger partial charge in [-0.3, -0.25) is 4.79 Å². The van der Waals surface area contributed by atoms with E-state index in [0.29, 0.717) is 24.1 Å². The first-order chi connectivity index (χ1) is 14.0. The maximum atomic E-state index is 11.8. The van der Waals surface area contributed by atoms with Crippen LogP contribution in [0.1, 0.15) is 21.5 Å². The molecule has 0 saturated heterocycles. The second-order valence-corrected chi connectivity index (χ2v) is 6.00. The predicted molar refractivity (Wildman–Crippen MR) is 107 cm³/mol. The Morgan fingerprint density at radius 1 is 0.966 bits per heavy atom. The van der Waals surface area contributed by atoms with Crippen molar-refractivity contribution in [3.05, 3.63) is 71.3 Å². The fraction of sp³-hybridized carbons (Fsp3) is 0.227. The smallest absolute Gasteiger partial charge is 0.337 e. The molecule has 2 aromatic rings. The molecule has 2 rings (SSSR count). The first-order valence-electron chi connectivity index (χ1n) is 8.94. The summed E-state index contributed by atoms with van der Waals surface area (Å²) in [6.07, 6.45) is 3.41. The molecule has 1 N–H and O–H groups in total. The van der Waals surface area contributed by atoms with Gasteiger partial charge in [-0.25, -0.2) is 9.59 Å². The van der Waals surface area contributed by atoms with Crippen LogP contribution in [0.25, 0.3) is 6.08 Å². The minimum atomic E-state index is -0.632. The van der Waals surface area contributed by atoms with Crippen LogP contribution in [0.3, 0.4) is 0 Å². The zero-order valence-electron chi connectivity index (χ0n) is 16.3. The van der Waals surface area contributed by atoms with Gasteiger partial charge in [0.25, 0.3) is 5.91 Å². The molecule has 1 amide bonds. The average Bonchev–Trinajstić information content (AvgIpc) is 2.76. The number of esters is 2. The normalized spacial score (nSPS) is 10.4. The Morgan fingerprint density at radius 2 is 1.66 bits per heavy atom. The number of hydrogen-bond donors (Lipinski definition) is 1. The molecule has 2 aromatic carbocycles. The van der Waals surface area contributed by atoms with Crippen molar-refractivity contribution < 1.29 is 28.6 Å². The molecule has 0 heterocycles. The molecule has 7 nitrogen and oxygen atoms in total. The molecule has 0 bridgehead atoms. The van der Waals surface area contributed by atoms with Gasteiger partial charge in [-0.05, 0) is 47.9 Å². The first kappa shape index (κ1) is 21.7. The molecular weight excluding hydrogens is 374 g/mol. The zero-order valence-corrected chi connectivity index (χ0v) is 16.3. The van der Waals surface area contributed by atoms with E-state index in [1.165, 1.54) is 19.3 Å². The molecular formula is C22H23NO6. The van der Waals surface area contributed by atoms with E-state index in [-0.39, 0.29) is 12.5 Å². The van der Waals surface area contributed by atoms with Crippen LogP contribution in [0.4, 0.5) is 0 Å². The minimum absolute atomic E-state index is 0.354. The van der Waals surface area contributed by atoms with Crippen LogP contribution < -0.4 is 10.1 Å². The highest BCUT2D eigenvalue weighted by atomic mass is 16.5. The molecule has 0 aliphatic carbocycles. The minimum Gasteiger partial charge on any atom is -0.497 e. The predicted octanol–water partition coefficient (Wildman–Crippen LogP) is 2.40. The number of ether oxygens (including phenoxy) is 3. The van der Waals surface area contributed by atoms with E-state index < -0.39 is 11.9 Å². The van der Waals surface area contributed by atoms with Crippen molar-refractivity contribution in [1.82, 2.24) is 5.32 Å². The van der Waals surface area contributed by atoms with Gasteiger partial charge in [0.15, 0.2) is 6.61 Å².